The van der Waals surface area contributed by atoms with Crippen LogP contribution in [0.1, 0.15) is 21.1 Å². The topological polar surface area (TPSA) is 54.2 Å². The van der Waals surface area contributed by atoms with Crippen LogP contribution in [0.15, 0.2) is 23.5 Å². The summed E-state index contributed by atoms with van der Waals surface area (Å²) in [6.45, 7) is 5.76. The standard InChI is InChI=1S/C15H23N5S.HI/c1-11-14(21-12(2)19-11)5-7-17-15(16-3)18-9-13-6-8-20(4)10-13;/h6,8,10H,5,7,9H2,1-4H3,(H2,16,17,18);1H. The Hall–Kier alpha value is -1.09. The molecule has 0 amide bonds. The number of hydrogen-bond acceptors (Lipinski definition) is 3. The van der Waals surface area contributed by atoms with E-state index in [1.807, 2.05) is 17.8 Å². The molecule has 0 aliphatic carbocycles. The number of rotatable bonds is 5. The summed E-state index contributed by atoms with van der Waals surface area (Å²) in [4.78, 5) is 10.0. The Kier molecular flexibility index (Phi) is 7.88. The zero-order valence-corrected chi connectivity index (χ0v) is 16.7. The molecule has 0 bridgehead atoms. The second-order valence-electron chi connectivity index (χ2n) is 5.03. The van der Waals surface area contributed by atoms with Crippen molar-refractivity contribution >= 4 is 41.3 Å². The van der Waals surface area contributed by atoms with Gasteiger partial charge in [0.1, 0.15) is 0 Å². The molecule has 2 rings (SSSR count). The summed E-state index contributed by atoms with van der Waals surface area (Å²) in [5.74, 6) is 0.831. The third-order valence-electron chi connectivity index (χ3n) is 3.22. The lowest BCUT2D eigenvalue weighted by Crippen LogP contribution is -2.37. The van der Waals surface area contributed by atoms with E-state index in [0.717, 1.165) is 36.2 Å². The molecule has 0 saturated carbocycles. The number of guanidine groups is 1. The maximum atomic E-state index is 4.45. The van der Waals surface area contributed by atoms with Gasteiger partial charge in [-0.2, -0.15) is 0 Å². The number of halogens is 1. The van der Waals surface area contributed by atoms with Crippen molar-refractivity contribution in [3.8, 4) is 0 Å². The van der Waals surface area contributed by atoms with E-state index in [1.54, 1.807) is 18.4 Å². The molecule has 0 aromatic carbocycles. The van der Waals surface area contributed by atoms with Gasteiger partial charge in [-0.05, 0) is 25.5 Å². The minimum absolute atomic E-state index is 0. The van der Waals surface area contributed by atoms with Crippen LogP contribution >= 0.6 is 35.3 Å². The number of nitrogens with zero attached hydrogens (tertiary/aromatic N) is 3. The normalized spacial score (nSPS) is 11.2. The lowest BCUT2D eigenvalue weighted by Gasteiger charge is -2.11. The SMILES string of the molecule is CN=C(NCCc1sc(C)nc1C)NCc1ccn(C)c1.I. The van der Waals surface area contributed by atoms with E-state index < -0.39 is 0 Å². The van der Waals surface area contributed by atoms with E-state index in [2.05, 4.69) is 46.7 Å². The molecule has 2 heterocycles. The molecule has 5 nitrogen and oxygen atoms in total. The molecule has 0 aliphatic heterocycles. The van der Waals surface area contributed by atoms with E-state index in [4.69, 9.17) is 0 Å². The van der Waals surface area contributed by atoms with Crippen molar-refractivity contribution in [2.75, 3.05) is 13.6 Å². The maximum absolute atomic E-state index is 4.45. The zero-order valence-electron chi connectivity index (χ0n) is 13.5. The van der Waals surface area contributed by atoms with E-state index >= 15 is 0 Å². The van der Waals surface area contributed by atoms with Crippen LogP contribution in [0.3, 0.4) is 0 Å². The van der Waals surface area contributed by atoms with Crippen LogP contribution < -0.4 is 10.6 Å². The first-order valence-corrected chi connectivity index (χ1v) is 7.88. The first-order chi connectivity index (χ1) is 10.1. The lowest BCUT2D eigenvalue weighted by atomic mass is 10.3. The summed E-state index contributed by atoms with van der Waals surface area (Å²) in [6, 6.07) is 2.10. The predicted molar refractivity (Wildman–Crippen MR) is 104 cm³/mol. The molecule has 0 saturated heterocycles. The smallest absolute Gasteiger partial charge is 0.191 e. The van der Waals surface area contributed by atoms with Gasteiger partial charge in [-0.1, -0.05) is 0 Å². The van der Waals surface area contributed by atoms with E-state index in [1.165, 1.54) is 10.4 Å². The highest BCUT2D eigenvalue weighted by Crippen LogP contribution is 2.16. The van der Waals surface area contributed by atoms with Crippen molar-refractivity contribution in [3.05, 3.63) is 39.6 Å². The van der Waals surface area contributed by atoms with Gasteiger partial charge in [-0.15, -0.1) is 35.3 Å². The molecule has 0 atom stereocenters. The highest BCUT2D eigenvalue weighted by atomic mass is 127. The monoisotopic (exact) mass is 433 g/mol. The summed E-state index contributed by atoms with van der Waals surface area (Å²) >= 11 is 1.77. The van der Waals surface area contributed by atoms with E-state index in [9.17, 15) is 0 Å². The Morgan fingerprint density at radius 2 is 2.14 bits per heavy atom. The fraction of sp³-hybridized carbons (Fsp3) is 0.467. The predicted octanol–water partition coefficient (Wildman–Crippen LogP) is 2.62. The Bertz CT molecular complexity index is 617. The van der Waals surface area contributed by atoms with Crippen LogP contribution in [0, 0.1) is 13.8 Å². The number of hydrogen-bond donors (Lipinski definition) is 2. The van der Waals surface area contributed by atoms with Gasteiger partial charge in [0.05, 0.1) is 10.7 Å². The number of aliphatic imine (C=N–C) groups is 1. The van der Waals surface area contributed by atoms with Crippen LogP contribution in [0.5, 0.6) is 0 Å². The average molecular weight is 433 g/mol. The van der Waals surface area contributed by atoms with Crippen molar-refractivity contribution < 1.29 is 0 Å². The molecule has 0 radical (unpaired) electrons. The minimum Gasteiger partial charge on any atom is -0.357 e. The fourth-order valence-corrected chi connectivity index (χ4v) is 3.11. The van der Waals surface area contributed by atoms with Gasteiger partial charge in [0.15, 0.2) is 5.96 Å². The summed E-state index contributed by atoms with van der Waals surface area (Å²) in [6.07, 6.45) is 5.12. The third-order valence-corrected chi connectivity index (χ3v) is 4.35. The van der Waals surface area contributed by atoms with Gasteiger partial charge in [0, 0.05) is 50.9 Å². The third kappa shape index (κ3) is 5.60. The summed E-state index contributed by atoms with van der Waals surface area (Å²) < 4.78 is 2.04. The summed E-state index contributed by atoms with van der Waals surface area (Å²) in [5, 5.41) is 7.79. The number of nitrogens with one attached hydrogen (secondary N) is 2. The molecule has 0 fully saturated rings. The second kappa shape index (κ2) is 9.14. The first kappa shape index (κ1) is 19.0. The summed E-state index contributed by atoms with van der Waals surface area (Å²) in [5.41, 5.74) is 2.39. The number of aryl methyl sites for hydroxylation is 3. The van der Waals surface area contributed by atoms with Crippen LogP contribution in [0.25, 0.3) is 0 Å². The van der Waals surface area contributed by atoms with Crippen LogP contribution in [0.2, 0.25) is 0 Å². The van der Waals surface area contributed by atoms with Gasteiger partial charge in [-0.25, -0.2) is 4.98 Å². The van der Waals surface area contributed by atoms with Gasteiger partial charge >= 0.3 is 0 Å². The second-order valence-corrected chi connectivity index (χ2v) is 6.32. The van der Waals surface area contributed by atoms with Crippen molar-refractivity contribution in [3.63, 3.8) is 0 Å². The van der Waals surface area contributed by atoms with Crippen LogP contribution in [0.4, 0.5) is 0 Å². The Balaban J connectivity index is 0.00000242. The lowest BCUT2D eigenvalue weighted by molar-refractivity contribution is 0.794. The van der Waals surface area contributed by atoms with Gasteiger partial charge in [-0.3, -0.25) is 4.99 Å². The molecule has 7 heteroatoms. The Morgan fingerprint density at radius 3 is 2.68 bits per heavy atom. The molecule has 0 unspecified atom stereocenters. The quantitative estimate of drug-likeness (QED) is 0.433. The average Bonchev–Trinajstić information content (AvgIpc) is 2.99. The van der Waals surface area contributed by atoms with Crippen molar-refractivity contribution in [2.45, 2.75) is 26.8 Å². The molecule has 0 aliphatic rings. The molecule has 2 aromatic rings. The highest BCUT2D eigenvalue weighted by Gasteiger charge is 2.05. The molecule has 2 N–H and O–H groups in total. The molecule has 22 heavy (non-hydrogen) atoms. The van der Waals surface area contributed by atoms with E-state index in [0.29, 0.717) is 0 Å². The van der Waals surface area contributed by atoms with Crippen molar-refractivity contribution in [2.24, 2.45) is 12.0 Å². The number of thiazole rings is 1. The van der Waals surface area contributed by atoms with Crippen LogP contribution in [-0.4, -0.2) is 29.1 Å². The largest absolute Gasteiger partial charge is 0.357 e. The molecular weight excluding hydrogens is 409 g/mol. The van der Waals surface area contributed by atoms with Crippen molar-refractivity contribution in [1.82, 2.24) is 20.2 Å². The van der Waals surface area contributed by atoms with Gasteiger partial charge in [0.25, 0.3) is 0 Å². The van der Waals surface area contributed by atoms with Gasteiger partial charge < -0.3 is 15.2 Å². The molecule has 0 spiro atoms. The van der Waals surface area contributed by atoms with Gasteiger partial charge in [0.2, 0.25) is 0 Å². The summed E-state index contributed by atoms with van der Waals surface area (Å²) in [7, 11) is 3.82. The van der Waals surface area contributed by atoms with E-state index in [-0.39, 0.29) is 24.0 Å². The Morgan fingerprint density at radius 1 is 1.36 bits per heavy atom. The molecular formula is C15H24IN5S. The fourth-order valence-electron chi connectivity index (χ4n) is 2.17. The molecule has 122 valence electrons. The van der Waals surface area contributed by atoms with Crippen molar-refractivity contribution in [1.29, 1.82) is 0 Å². The highest BCUT2D eigenvalue weighted by molar-refractivity contribution is 14.0. The maximum Gasteiger partial charge on any atom is 0.191 e. The minimum atomic E-state index is 0. The zero-order chi connectivity index (χ0) is 15.2. The number of aromatic nitrogens is 2. The first-order valence-electron chi connectivity index (χ1n) is 7.06. The van der Waals surface area contributed by atoms with Crippen LogP contribution in [-0.2, 0) is 20.0 Å². The Labute approximate surface area is 153 Å². The molecule has 2 aromatic heterocycles.